The Hall–Kier alpha value is -0.650. The summed E-state index contributed by atoms with van der Waals surface area (Å²) >= 11 is 0. The normalized spacial score (nSPS) is 13.1. The van der Waals surface area contributed by atoms with Gasteiger partial charge in [0.1, 0.15) is 0 Å². The highest BCUT2D eigenvalue weighted by atomic mass is 16.5. The van der Waals surface area contributed by atoms with Crippen molar-refractivity contribution in [2.75, 3.05) is 26.3 Å². The lowest BCUT2D eigenvalue weighted by Gasteiger charge is -2.13. The fourth-order valence-corrected chi connectivity index (χ4v) is 0.979. The van der Waals surface area contributed by atoms with Crippen molar-refractivity contribution >= 4 is 5.91 Å². The fraction of sp³-hybridized carbons (Fsp3) is 0.900. The Bertz CT molecular complexity index is 174. The summed E-state index contributed by atoms with van der Waals surface area (Å²) in [5.74, 6) is 0.132. The zero-order valence-electron chi connectivity index (χ0n) is 9.53. The molecule has 5 nitrogen and oxygen atoms in total. The molecule has 0 aromatic heterocycles. The number of primary amides is 1. The fourth-order valence-electron chi connectivity index (χ4n) is 0.979. The van der Waals surface area contributed by atoms with Crippen LogP contribution < -0.4 is 11.1 Å². The van der Waals surface area contributed by atoms with Crippen LogP contribution in [0.3, 0.4) is 0 Å². The summed E-state index contributed by atoms with van der Waals surface area (Å²) in [7, 11) is 0. The van der Waals surface area contributed by atoms with Gasteiger partial charge < -0.3 is 20.9 Å². The maximum Gasteiger partial charge on any atom is 0.218 e. The molecule has 0 fully saturated rings. The molecule has 0 bridgehead atoms. The number of ether oxygens (including phenoxy) is 1. The van der Waals surface area contributed by atoms with Crippen molar-refractivity contribution in [1.82, 2.24) is 5.32 Å². The average Bonchev–Trinajstić information content (AvgIpc) is 2.11. The van der Waals surface area contributed by atoms with Gasteiger partial charge in [-0.15, -0.1) is 0 Å². The van der Waals surface area contributed by atoms with Crippen LogP contribution in [0.15, 0.2) is 0 Å². The van der Waals surface area contributed by atoms with Gasteiger partial charge in [0, 0.05) is 26.1 Å². The third-order valence-electron chi connectivity index (χ3n) is 1.69. The number of nitrogens with two attached hydrogens (primary N) is 1. The van der Waals surface area contributed by atoms with Crippen molar-refractivity contribution in [2.24, 2.45) is 11.7 Å². The van der Waals surface area contributed by atoms with Gasteiger partial charge in [0.25, 0.3) is 0 Å². The molecule has 4 N–H and O–H groups in total. The van der Waals surface area contributed by atoms with E-state index in [1.54, 1.807) is 0 Å². The topological polar surface area (TPSA) is 84.6 Å². The van der Waals surface area contributed by atoms with Crippen LogP contribution in [0.4, 0.5) is 0 Å². The van der Waals surface area contributed by atoms with E-state index >= 15 is 0 Å². The van der Waals surface area contributed by atoms with Crippen LogP contribution in [-0.4, -0.2) is 43.4 Å². The molecule has 0 radical (unpaired) electrons. The van der Waals surface area contributed by atoms with Gasteiger partial charge in [-0.25, -0.2) is 0 Å². The first-order valence-electron chi connectivity index (χ1n) is 5.27. The molecular formula is C10H22N2O3. The minimum atomic E-state index is -0.531. The Labute approximate surface area is 91.0 Å². The number of rotatable bonds is 9. The van der Waals surface area contributed by atoms with Crippen molar-refractivity contribution in [3.63, 3.8) is 0 Å². The zero-order valence-corrected chi connectivity index (χ0v) is 9.53. The van der Waals surface area contributed by atoms with E-state index in [1.807, 2.05) is 0 Å². The summed E-state index contributed by atoms with van der Waals surface area (Å²) in [6, 6.07) is 0. The van der Waals surface area contributed by atoms with E-state index in [4.69, 9.17) is 10.5 Å². The molecule has 90 valence electrons. The quantitative estimate of drug-likeness (QED) is 0.455. The lowest BCUT2D eigenvalue weighted by molar-refractivity contribution is -0.117. The zero-order chi connectivity index (χ0) is 11.7. The summed E-state index contributed by atoms with van der Waals surface area (Å²) < 4.78 is 5.25. The Morgan fingerprint density at radius 3 is 2.67 bits per heavy atom. The Morgan fingerprint density at radius 1 is 1.47 bits per heavy atom. The minimum absolute atomic E-state index is 0.291. The first-order valence-corrected chi connectivity index (χ1v) is 5.27. The number of carbonyl (C=O) groups excluding carboxylic acids is 1. The molecule has 0 heterocycles. The first kappa shape index (κ1) is 14.3. The third kappa shape index (κ3) is 11.3. The minimum Gasteiger partial charge on any atom is -0.389 e. The Kier molecular flexibility index (Phi) is 8.27. The van der Waals surface area contributed by atoms with E-state index in [0.717, 1.165) is 0 Å². The van der Waals surface area contributed by atoms with Crippen LogP contribution in [0.1, 0.15) is 20.3 Å². The standard InChI is InChI=1S/C10H22N2O3/c1-8(2)6-15-7-9(13)5-12-4-3-10(11)14/h8-9,12-13H,3-7H2,1-2H3,(H2,11,14). The number of hydrogen-bond acceptors (Lipinski definition) is 4. The van der Waals surface area contributed by atoms with Gasteiger partial charge in [0.05, 0.1) is 12.7 Å². The van der Waals surface area contributed by atoms with Crippen LogP contribution in [0.25, 0.3) is 0 Å². The maximum atomic E-state index is 10.4. The molecule has 0 saturated heterocycles. The molecule has 0 rings (SSSR count). The first-order chi connectivity index (χ1) is 7.02. The van der Waals surface area contributed by atoms with Gasteiger partial charge in [-0.2, -0.15) is 0 Å². The van der Waals surface area contributed by atoms with Gasteiger partial charge >= 0.3 is 0 Å². The maximum absolute atomic E-state index is 10.4. The van der Waals surface area contributed by atoms with Crippen molar-refractivity contribution < 1.29 is 14.6 Å². The van der Waals surface area contributed by atoms with Crippen LogP contribution in [0, 0.1) is 5.92 Å². The van der Waals surface area contributed by atoms with E-state index < -0.39 is 6.10 Å². The number of hydrogen-bond donors (Lipinski definition) is 3. The molecule has 1 unspecified atom stereocenters. The van der Waals surface area contributed by atoms with Crippen molar-refractivity contribution in [3.8, 4) is 0 Å². The predicted octanol–water partition coefficient (Wildman–Crippen LogP) is -0.515. The lowest BCUT2D eigenvalue weighted by atomic mass is 10.2. The second-order valence-electron chi connectivity index (χ2n) is 4.01. The van der Waals surface area contributed by atoms with Gasteiger partial charge in [-0.05, 0) is 5.92 Å². The number of amides is 1. The molecule has 1 atom stereocenters. The molecule has 0 aliphatic heterocycles. The highest BCUT2D eigenvalue weighted by Gasteiger charge is 2.04. The molecule has 0 spiro atoms. The van der Waals surface area contributed by atoms with E-state index in [1.165, 1.54) is 0 Å². The second-order valence-corrected chi connectivity index (χ2v) is 4.01. The molecule has 0 aliphatic carbocycles. The second kappa shape index (κ2) is 8.64. The number of carbonyl (C=O) groups is 1. The molecule has 15 heavy (non-hydrogen) atoms. The number of aliphatic hydroxyl groups is 1. The molecule has 1 amide bonds. The van der Waals surface area contributed by atoms with E-state index in [9.17, 15) is 9.90 Å². The summed E-state index contributed by atoms with van der Waals surface area (Å²) in [6.45, 7) is 6.00. The molecule has 5 heteroatoms. The third-order valence-corrected chi connectivity index (χ3v) is 1.69. The molecule has 0 aliphatic rings. The summed E-state index contributed by atoms with van der Waals surface area (Å²) in [6.07, 6.45) is -0.240. The van der Waals surface area contributed by atoms with E-state index in [-0.39, 0.29) is 5.91 Å². The Morgan fingerprint density at radius 2 is 2.13 bits per heavy atom. The van der Waals surface area contributed by atoms with Crippen LogP contribution in [-0.2, 0) is 9.53 Å². The average molecular weight is 218 g/mol. The van der Waals surface area contributed by atoms with Crippen molar-refractivity contribution in [3.05, 3.63) is 0 Å². The van der Waals surface area contributed by atoms with E-state index in [2.05, 4.69) is 19.2 Å². The summed E-state index contributed by atoms with van der Waals surface area (Å²) in [5, 5.41) is 12.3. The predicted molar refractivity (Wildman–Crippen MR) is 58.3 cm³/mol. The van der Waals surface area contributed by atoms with Gasteiger partial charge in [0.2, 0.25) is 5.91 Å². The Balaban J connectivity index is 3.25. The van der Waals surface area contributed by atoms with Gasteiger partial charge in [-0.1, -0.05) is 13.8 Å². The highest BCUT2D eigenvalue weighted by Crippen LogP contribution is 1.93. The smallest absolute Gasteiger partial charge is 0.218 e. The number of aliphatic hydroxyl groups excluding tert-OH is 1. The summed E-state index contributed by atoms with van der Waals surface area (Å²) in [5.41, 5.74) is 4.96. The van der Waals surface area contributed by atoms with Crippen LogP contribution in [0.5, 0.6) is 0 Å². The summed E-state index contributed by atoms with van der Waals surface area (Å²) in [4.78, 5) is 10.4. The molecular weight excluding hydrogens is 196 g/mol. The van der Waals surface area contributed by atoms with Gasteiger partial charge in [-0.3, -0.25) is 4.79 Å². The molecule has 0 saturated carbocycles. The SMILES string of the molecule is CC(C)COCC(O)CNCCC(N)=O. The van der Waals surface area contributed by atoms with Gasteiger partial charge in [0.15, 0.2) is 0 Å². The van der Waals surface area contributed by atoms with Crippen LogP contribution in [0.2, 0.25) is 0 Å². The van der Waals surface area contributed by atoms with Crippen LogP contribution >= 0.6 is 0 Å². The van der Waals surface area contributed by atoms with Crippen molar-refractivity contribution in [2.45, 2.75) is 26.4 Å². The molecule has 0 aromatic rings. The van der Waals surface area contributed by atoms with E-state index in [0.29, 0.717) is 38.6 Å². The monoisotopic (exact) mass is 218 g/mol. The molecule has 0 aromatic carbocycles. The lowest BCUT2D eigenvalue weighted by Crippen LogP contribution is -2.32. The highest BCUT2D eigenvalue weighted by molar-refractivity contribution is 5.73. The largest absolute Gasteiger partial charge is 0.389 e. The van der Waals surface area contributed by atoms with Crippen molar-refractivity contribution in [1.29, 1.82) is 0 Å². The number of nitrogens with one attached hydrogen (secondary N) is 1.